The average molecular weight is 472 g/mol. The molecule has 1 aromatic carbocycles. The van der Waals surface area contributed by atoms with Crippen molar-refractivity contribution in [1.82, 2.24) is 9.80 Å². The highest BCUT2D eigenvalue weighted by Gasteiger charge is 2.32. The molecule has 0 aromatic heterocycles. The molecule has 11 heteroatoms. The standard InChI is InChI=1S/C19H25ClFN3O2.C2H2O4/c20-16-2-1-3-17(21)15(16)12-23-8-4-14(5-9-23)19(26)24-10-6-13(7-11-24)18(22)25;3-1(4)2(5)6/h1-3,13-14H,4-12H2,(H2,22,25);(H,3,4)(H,5,6). The number of carboxylic acids is 2. The minimum absolute atomic E-state index is 0.00692. The van der Waals surface area contributed by atoms with Gasteiger partial charge in [-0.2, -0.15) is 0 Å². The molecule has 32 heavy (non-hydrogen) atoms. The van der Waals surface area contributed by atoms with Gasteiger partial charge in [-0.25, -0.2) is 14.0 Å². The third kappa shape index (κ3) is 7.16. The predicted molar refractivity (Wildman–Crippen MR) is 113 cm³/mol. The molecule has 3 rings (SSSR count). The van der Waals surface area contributed by atoms with Crippen molar-refractivity contribution < 1.29 is 33.8 Å². The fraction of sp³-hybridized carbons (Fsp3) is 0.524. The van der Waals surface area contributed by atoms with E-state index in [2.05, 4.69) is 4.90 Å². The highest BCUT2D eigenvalue weighted by atomic mass is 35.5. The number of carbonyl (C=O) groups is 4. The Hall–Kier alpha value is -2.72. The lowest BCUT2D eigenvalue weighted by molar-refractivity contribution is -0.159. The molecule has 0 aliphatic carbocycles. The molecule has 176 valence electrons. The first kappa shape index (κ1) is 25.5. The second-order valence-corrected chi connectivity index (χ2v) is 8.27. The molecule has 2 heterocycles. The number of nitrogens with zero attached hydrogens (tertiary/aromatic N) is 2. The number of carbonyl (C=O) groups excluding carboxylic acids is 2. The van der Waals surface area contributed by atoms with E-state index in [0.717, 1.165) is 25.9 Å². The first-order valence-corrected chi connectivity index (χ1v) is 10.7. The van der Waals surface area contributed by atoms with Crippen molar-refractivity contribution in [2.75, 3.05) is 26.2 Å². The molecular weight excluding hydrogens is 445 g/mol. The molecular formula is C21H27ClFN3O6. The summed E-state index contributed by atoms with van der Waals surface area (Å²) < 4.78 is 13.9. The molecule has 1 aromatic rings. The van der Waals surface area contributed by atoms with Crippen molar-refractivity contribution in [2.45, 2.75) is 32.2 Å². The molecule has 9 nitrogen and oxygen atoms in total. The van der Waals surface area contributed by atoms with E-state index in [0.29, 0.717) is 43.1 Å². The quantitative estimate of drug-likeness (QED) is 0.566. The molecule has 4 N–H and O–H groups in total. The summed E-state index contributed by atoms with van der Waals surface area (Å²) in [6.07, 6.45) is 2.85. The predicted octanol–water partition coefficient (Wildman–Crippen LogP) is 1.57. The third-order valence-corrected chi connectivity index (χ3v) is 6.13. The topological polar surface area (TPSA) is 141 Å². The highest BCUT2D eigenvalue weighted by Crippen LogP contribution is 2.26. The zero-order chi connectivity index (χ0) is 23.8. The van der Waals surface area contributed by atoms with Crippen LogP contribution in [0.5, 0.6) is 0 Å². The summed E-state index contributed by atoms with van der Waals surface area (Å²) in [6, 6.07) is 4.73. The van der Waals surface area contributed by atoms with Crippen LogP contribution in [0.4, 0.5) is 4.39 Å². The van der Waals surface area contributed by atoms with Gasteiger partial charge in [0.2, 0.25) is 11.8 Å². The Morgan fingerprint density at radius 3 is 1.97 bits per heavy atom. The zero-order valence-corrected chi connectivity index (χ0v) is 18.3. The maximum atomic E-state index is 13.9. The molecule has 0 saturated carbocycles. The monoisotopic (exact) mass is 471 g/mol. The van der Waals surface area contributed by atoms with Crippen molar-refractivity contribution >= 4 is 35.4 Å². The number of aliphatic carboxylic acids is 2. The molecule has 2 aliphatic rings. The molecule has 2 fully saturated rings. The van der Waals surface area contributed by atoms with E-state index in [4.69, 9.17) is 37.1 Å². The van der Waals surface area contributed by atoms with Crippen LogP contribution in [0.3, 0.4) is 0 Å². The van der Waals surface area contributed by atoms with Gasteiger partial charge in [-0.15, -0.1) is 0 Å². The van der Waals surface area contributed by atoms with Crippen molar-refractivity contribution in [2.24, 2.45) is 17.6 Å². The number of halogens is 2. The van der Waals surface area contributed by atoms with E-state index in [9.17, 15) is 14.0 Å². The van der Waals surface area contributed by atoms with Gasteiger partial charge in [-0.3, -0.25) is 14.5 Å². The normalized spacial score (nSPS) is 17.9. The second-order valence-electron chi connectivity index (χ2n) is 7.86. The maximum absolute atomic E-state index is 13.9. The Labute approximate surface area is 189 Å². The number of hydrogen-bond acceptors (Lipinski definition) is 5. The fourth-order valence-electron chi connectivity index (χ4n) is 3.89. The second kappa shape index (κ2) is 11.8. The van der Waals surface area contributed by atoms with Crippen LogP contribution in [-0.4, -0.2) is 69.9 Å². The number of nitrogens with two attached hydrogens (primary N) is 1. The van der Waals surface area contributed by atoms with Gasteiger partial charge in [0, 0.05) is 42.1 Å². The average Bonchev–Trinajstić information content (AvgIpc) is 2.77. The lowest BCUT2D eigenvalue weighted by Crippen LogP contribution is -2.46. The van der Waals surface area contributed by atoms with Crippen LogP contribution >= 0.6 is 11.6 Å². The van der Waals surface area contributed by atoms with Gasteiger partial charge in [-0.05, 0) is 50.9 Å². The Morgan fingerprint density at radius 1 is 0.969 bits per heavy atom. The maximum Gasteiger partial charge on any atom is 0.414 e. The molecule has 0 radical (unpaired) electrons. The molecule has 2 saturated heterocycles. The number of primary amides is 1. The Kier molecular flexibility index (Phi) is 9.40. The number of likely N-dealkylation sites (tertiary alicyclic amines) is 2. The van der Waals surface area contributed by atoms with Gasteiger partial charge >= 0.3 is 11.9 Å². The van der Waals surface area contributed by atoms with Gasteiger partial charge in [-0.1, -0.05) is 17.7 Å². The summed E-state index contributed by atoms with van der Waals surface area (Å²) in [4.78, 5) is 46.2. The third-order valence-electron chi connectivity index (χ3n) is 5.77. The van der Waals surface area contributed by atoms with Gasteiger partial charge in [0.15, 0.2) is 0 Å². The van der Waals surface area contributed by atoms with Crippen LogP contribution in [0.1, 0.15) is 31.2 Å². The molecule has 0 unspecified atom stereocenters. The van der Waals surface area contributed by atoms with Crippen LogP contribution in [0.25, 0.3) is 0 Å². The van der Waals surface area contributed by atoms with Crippen molar-refractivity contribution in [3.8, 4) is 0 Å². The van der Waals surface area contributed by atoms with Crippen LogP contribution in [0.2, 0.25) is 5.02 Å². The summed E-state index contributed by atoms with van der Waals surface area (Å²) in [5.41, 5.74) is 5.87. The largest absolute Gasteiger partial charge is 0.473 e. The zero-order valence-electron chi connectivity index (χ0n) is 17.5. The van der Waals surface area contributed by atoms with E-state index in [-0.39, 0.29) is 29.5 Å². The molecule has 2 aliphatic heterocycles. The number of piperidine rings is 2. The lowest BCUT2D eigenvalue weighted by Gasteiger charge is -2.36. The van der Waals surface area contributed by atoms with Crippen LogP contribution in [-0.2, 0) is 25.7 Å². The summed E-state index contributed by atoms with van der Waals surface area (Å²) in [5, 5.41) is 15.2. The molecule has 0 spiro atoms. The SMILES string of the molecule is NC(=O)C1CCN(C(=O)C2CCN(Cc3c(F)cccc3Cl)CC2)CC1.O=C(O)C(=O)O. The van der Waals surface area contributed by atoms with E-state index >= 15 is 0 Å². The van der Waals surface area contributed by atoms with Gasteiger partial charge < -0.3 is 20.8 Å². The van der Waals surface area contributed by atoms with Gasteiger partial charge in [0.25, 0.3) is 0 Å². The molecule has 0 atom stereocenters. The van der Waals surface area contributed by atoms with E-state index in [1.165, 1.54) is 6.07 Å². The van der Waals surface area contributed by atoms with Gasteiger partial charge in [0.05, 0.1) is 0 Å². The van der Waals surface area contributed by atoms with Crippen LogP contribution in [0.15, 0.2) is 18.2 Å². The lowest BCUT2D eigenvalue weighted by atomic mass is 9.91. The number of amides is 2. The number of carboxylic acid groups (broad SMARTS) is 2. The summed E-state index contributed by atoms with van der Waals surface area (Å²) in [5.74, 6) is -4.12. The van der Waals surface area contributed by atoms with Crippen molar-refractivity contribution in [3.63, 3.8) is 0 Å². The number of rotatable bonds is 4. The Morgan fingerprint density at radius 2 is 1.50 bits per heavy atom. The van der Waals surface area contributed by atoms with Crippen LogP contribution in [0, 0.1) is 17.7 Å². The van der Waals surface area contributed by atoms with Crippen LogP contribution < -0.4 is 5.73 Å². The summed E-state index contributed by atoms with van der Waals surface area (Å²) in [6.45, 7) is 3.18. The minimum Gasteiger partial charge on any atom is -0.473 e. The Balaban J connectivity index is 0.000000534. The smallest absolute Gasteiger partial charge is 0.414 e. The number of benzene rings is 1. The van der Waals surface area contributed by atoms with E-state index < -0.39 is 11.9 Å². The highest BCUT2D eigenvalue weighted by molar-refractivity contribution is 6.31. The number of hydrogen-bond donors (Lipinski definition) is 3. The summed E-state index contributed by atoms with van der Waals surface area (Å²) >= 11 is 6.10. The molecule has 2 amide bonds. The van der Waals surface area contributed by atoms with E-state index in [1.54, 1.807) is 12.1 Å². The van der Waals surface area contributed by atoms with E-state index in [1.807, 2.05) is 4.90 Å². The summed E-state index contributed by atoms with van der Waals surface area (Å²) in [7, 11) is 0. The van der Waals surface area contributed by atoms with Crippen molar-refractivity contribution in [1.29, 1.82) is 0 Å². The fourth-order valence-corrected chi connectivity index (χ4v) is 4.11. The molecule has 0 bridgehead atoms. The minimum atomic E-state index is -1.82. The first-order chi connectivity index (χ1) is 15.1. The Bertz CT molecular complexity index is 820. The van der Waals surface area contributed by atoms with Gasteiger partial charge in [0.1, 0.15) is 5.82 Å². The van der Waals surface area contributed by atoms with Crippen molar-refractivity contribution in [3.05, 3.63) is 34.6 Å². The first-order valence-electron chi connectivity index (χ1n) is 10.3.